The molecule has 4 rings (SSSR count). The number of benzene rings is 2. The van der Waals surface area contributed by atoms with Gasteiger partial charge < -0.3 is 47.6 Å². The molecule has 0 aliphatic heterocycles. The fraction of sp³-hybridized carbons (Fsp3) is 0.290. The molecule has 2 heterocycles. The molecule has 0 saturated heterocycles. The molecule has 0 saturated carbocycles. The number of H-pyrrole nitrogens is 2. The van der Waals surface area contributed by atoms with Crippen molar-refractivity contribution in [1.29, 1.82) is 0 Å². The maximum atomic E-state index is 13.7. The van der Waals surface area contributed by atoms with Crippen LogP contribution in [0.3, 0.4) is 0 Å². The van der Waals surface area contributed by atoms with Crippen molar-refractivity contribution in [2.45, 2.75) is 56.3 Å². The molecule has 0 bridgehead atoms. The van der Waals surface area contributed by atoms with E-state index in [4.69, 9.17) is 16.6 Å². The number of nitrogens with one attached hydrogen (secondary N) is 5. The number of nitrogens with two attached hydrogens (primary N) is 2. The Kier molecular flexibility index (Phi) is 10.7. The van der Waals surface area contributed by atoms with E-state index >= 15 is 0 Å². The van der Waals surface area contributed by atoms with Crippen LogP contribution in [0.4, 0.5) is 0 Å². The van der Waals surface area contributed by atoms with Crippen molar-refractivity contribution in [3.8, 4) is 0 Å². The van der Waals surface area contributed by atoms with E-state index in [1.807, 2.05) is 30.3 Å². The highest BCUT2D eigenvalue weighted by molar-refractivity contribution is 5.96. The number of fused-ring (bicyclic) bond motifs is 2. The number of hydrogen-bond donors (Lipinski definition) is 9. The molecule has 2 aromatic carbocycles. The zero-order valence-corrected chi connectivity index (χ0v) is 24.6. The summed E-state index contributed by atoms with van der Waals surface area (Å²) in [6.45, 7) is 0. The first-order valence-electron chi connectivity index (χ1n) is 14.4. The molecule has 11 N–H and O–H groups in total. The third-order valence-electron chi connectivity index (χ3n) is 7.49. The number of hydrogen-bond acceptors (Lipinski definition) is 7. The number of carboxylic acids is 2. The van der Waals surface area contributed by atoms with Crippen molar-refractivity contribution >= 4 is 57.4 Å². The van der Waals surface area contributed by atoms with Gasteiger partial charge in [-0.2, -0.15) is 0 Å². The quantitative estimate of drug-likeness (QED) is 0.0805. The first-order valence-corrected chi connectivity index (χ1v) is 14.4. The minimum atomic E-state index is -1.47. The number of primary amides is 1. The summed E-state index contributed by atoms with van der Waals surface area (Å²) in [6, 6.07) is 8.84. The second kappa shape index (κ2) is 14.9. The fourth-order valence-corrected chi connectivity index (χ4v) is 5.11. The molecule has 2 aromatic heterocycles. The molecule has 0 spiro atoms. The predicted molar refractivity (Wildman–Crippen MR) is 166 cm³/mol. The first-order chi connectivity index (χ1) is 21.9. The smallest absolute Gasteiger partial charge is 0.326 e. The summed E-state index contributed by atoms with van der Waals surface area (Å²) in [5.41, 5.74) is 13.8. The molecule has 15 heteroatoms. The monoisotopic (exact) mass is 633 g/mol. The molecule has 15 nitrogen and oxygen atoms in total. The lowest BCUT2D eigenvalue weighted by Gasteiger charge is -2.25. The summed E-state index contributed by atoms with van der Waals surface area (Å²) in [6.07, 6.45) is 1.86. The second-order valence-electron chi connectivity index (χ2n) is 10.9. The van der Waals surface area contributed by atoms with Crippen molar-refractivity contribution in [1.82, 2.24) is 25.9 Å². The number of aliphatic carboxylic acids is 2. The van der Waals surface area contributed by atoms with Gasteiger partial charge in [0, 0.05) is 53.5 Å². The zero-order valence-electron chi connectivity index (χ0n) is 24.6. The summed E-state index contributed by atoms with van der Waals surface area (Å²) in [5.74, 6) is -6.05. The van der Waals surface area contributed by atoms with E-state index < -0.39 is 66.2 Å². The fourth-order valence-electron chi connectivity index (χ4n) is 5.11. The van der Waals surface area contributed by atoms with Crippen LogP contribution in [-0.2, 0) is 41.6 Å². The number of rotatable bonds is 16. The predicted octanol–water partition coefficient (Wildman–Crippen LogP) is 0.0409. The van der Waals surface area contributed by atoms with Crippen molar-refractivity contribution in [3.63, 3.8) is 0 Å². The van der Waals surface area contributed by atoms with Crippen LogP contribution in [0.25, 0.3) is 21.8 Å². The lowest BCUT2D eigenvalue weighted by Crippen LogP contribution is -2.58. The van der Waals surface area contributed by atoms with E-state index in [0.29, 0.717) is 11.1 Å². The Labute approximate surface area is 262 Å². The van der Waals surface area contributed by atoms with Crippen LogP contribution in [0.1, 0.15) is 30.4 Å². The van der Waals surface area contributed by atoms with Crippen molar-refractivity contribution in [2.75, 3.05) is 0 Å². The van der Waals surface area contributed by atoms with Crippen molar-refractivity contribution < 1.29 is 39.0 Å². The van der Waals surface area contributed by atoms with Gasteiger partial charge in [-0.05, 0) is 29.7 Å². The topological polar surface area (TPSA) is 263 Å². The van der Waals surface area contributed by atoms with E-state index in [2.05, 4.69) is 25.9 Å². The Morgan fingerprint density at radius 1 is 0.696 bits per heavy atom. The summed E-state index contributed by atoms with van der Waals surface area (Å²) < 4.78 is 0. The van der Waals surface area contributed by atoms with Gasteiger partial charge in [0.2, 0.25) is 23.6 Å². The molecular weight excluding hydrogens is 598 g/mol. The SMILES string of the molecule is NC(=O)CCC(NC(=O)C(Cc1c[nH]c2ccccc12)NC(=O)C(N)CC(=O)O)C(=O)NC(Cc1c[nH]c2ccccc12)C(=O)O. The summed E-state index contributed by atoms with van der Waals surface area (Å²) in [7, 11) is 0. The molecule has 0 radical (unpaired) electrons. The van der Waals surface area contributed by atoms with Gasteiger partial charge in [0.25, 0.3) is 0 Å². The zero-order chi connectivity index (χ0) is 33.4. The van der Waals surface area contributed by atoms with Crippen LogP contribution in [0, 0.1) is 0 Å². The highest BCUT2D eigenvalue weighted by Crippen LogP contribution is 2.21. The molecule has 4 amide bonds. The number of carbonyl (C=O) groups is 6. The maximum absolute atomic E-state index is 13.7. The van der Waals surface area contributed by atoms with Gasteiger partial charge in [0.15, 0.2) is 0 Å². The van der Waals surface area contributed by atoms with Gasteiger partial charge in [-0.25, -0.2) is 4.79 Å². The minimum absolute atomic E-state index is 0.0795. The standard InChI is InChI=1S/C31H35N7O8/c32-20(13-27(40)41)28(42)37-24(11-16-14-34-21-7-3-1-5-18(16)21)30(44)36-23(9-10-26(33)39)29(43)38-25(31(45)46)12-17-15-35-22-8-4-2-6-19(17)22/h1-8,14-15,20,23-25,34-35H,9-13,32H2,(H2,33,39)(H,36,44)(H,37,42)(H,38,43)(H,40,41)(H,45,46). The maximum Gasteiger partial charge on any atom is 0.326 e. The molecule has 4 atom stereocenters. The summed E-state index contributed by atoms with van der Waals surface area (Å²) >= 11 is 0. The van der Waals surface area contributed by atoms with Gasteiger partial charge in [0.1, 0.15) is 18.1 Å². The number of carboxylic acid groups (broad SMARTS) is 2. The van der Waals surface area contributed by atoms with Crippen LogP contribution in [-0.4, -0.2) is 79.9 Å². The Hall–Kier alpha value is -5.70. The summed E-state index contributed by atoms with van der Waals surface area (Å²) in [4.78, 5) is 80.9. The molecule has 0 aliphatic carbocycles. The molecular formula is C31H35N7O8. The van der Waals surface area contributed by atoms with Gasteiger partial charge in [-0.3, -0.25) is 24.0 Å². The molecule has 46 heavy (non-hydrogen) atoms. The van der Waals surface area contributed by atoms with Gasteiger partial charge in [-0.1, -0.05) is 36.4 Å². The molecule has 0 fully saturated rings. The van der Waals surface area contributed by atoms with Crippen LogP contribution >= 0.6 is 0 Å². The first kappa shape index (κ1) is 33.2. The van der Waals surface area contributed by atoms with Gasteiger partial charge in [-0.15, -0.1) is 0 Å². The van der Waals surface area contributed by atoms with Gasteiger partial charge >= 0.3 is 11.9 Å². The molecule has 4 unspecified atom stereocenters. The van der Waals surface area contributed by atoms with Crippen LogP contribution < -0.4 is 27.4 Å². The van der Waals surface area contributed by atoms with E-state index in [1.54, 1.807) is 30.6 Å². The molecule has 242 valence electrons. The van der Waals surface area contributed by atoms with E-state index in [9.17, 15) is 33.9 Å². The second-order valence-corrected chi connectivity index (χ2v) is 10.9. The Bertz CT molecular complexity index is 1760. The largest absolute Gasteiger partial charge is 0.481 e. The van der Waals surface area contributed by atoms with Crippen molar-refractivity contribution in [2.24, 2.45) is 11.5 Å². The summed E-state index contributed by atoms with van der Waals surface area (Å²) in [5, 5.41) is 27.9. The lowest BCUT2D eigenvalue weighted by atomic mass is 10.0. The highest BCUT2D eigenvalue weighted by atomic mass is 16.4. The van der Waals surface area contributed by atoms with E-state index in [1.165, 1.54) is 0 Å². The van der Waals surface area contributed by atoms with Crippen LogP contribution in [0.2, 0.25) is 0 Å². The lowest BCUT2D eigenvalue weighted by molar-refractivity contribution is -0.142. The number of aromatic amines is 2. The Morgan fingerprint density at radius 2 is 1.17 bits per heavy atom. The normalized spacial score (nSPS) is 13.8. The number of para-hydroxylation sites is 2. The molecule has 0 aliphatic rings. The third-order valence-corrected chi connectivity index (χ3v) is 7.49. The number of aromatic nitrogens is 2. The minimum Gasteiger partial charge on any atom is -0.481 e. The van der Waals surface area contributed by atoms with Crippen LogP contribution in [0.15, 0.2) is 60.9 Å². The third kappa shape index (κ3) is 8.47. The molecule has 4 aromatic rings. The number of carbonyl (C=O) groups excluding carboxylic acids is 4. The van der Waals surface area contributed by atoms with Gasteiger partial charge in [0.05, 0.1) is 12.5 Å². The van der Waals surface area contributed by atoms with Crippen LogP contribution in [0.5, 0.6) is 0 Å². The Morgan fingerprint density at radius 3 is 1.70 bits per heavy atom. The van der Waals surface area contributed by atoms with E-state index in [-0.39, 0.29) is 25.7 Å². The van der Waals surface area contributed by atoms with E-state index in [0.717, 1.165) is 21.8 Å². The average molecular weight is 634 g/mol. The highest BCUT2D eigenvalue weighted by Gasteiger charge is 2.32. The number of amides is 4. The van der Waals surface area contributed by atoms with Crippen molar-refractivity contribution in [3.05, 3.63) is 72.1 Å². The Balaban J connectivity index is 1.56. The average Bonchev–Trinajstić information content (AvgIpc) is 3.61.